The van der Waals surface area contributed by atoms with Gasteiger partial charge in [-0.15, -0.1) is 0 Å². The first-order chi connectivity index (χ1) is 9.06. The van der Waals surface area contributed by atoms with Gasteiger partial charge in [-0.25, -0.2) is 4.39 Å². The van der Waals surface area contributed by atoms with Gasteiger partial charge in [-0.05, 0) is 34.2 Å². The monoisotopic (exact) mass is 348 g/mol. The van der Waals surface area contributed by atoms with Crippen LogP contribution in [0.2, 0.25) is 0 Å². The molecule has 0 spiro atoms. The molecule has 0 radical (unpaired) electrons. The van der Waals surface area contributed by atoms with Crippen LogP contribution in [0, 0.1) is 10.6 Å². The Morgan fingerprint density at radius 1 is 1.47 bits per heavy atom. The lowest BCUT2D eigenvalue weighted by Crippen LogP contribution is -2.23. The highest BCUT2D eigenvalue weighted by Crippen LogP contribution is 2.23. The van der Waals surface area contributed by atoms with Crippen LogP contribution in [-0.4, -0.2) is 36.5 Å². The van der Waals surface area contributed by atoms with Crippen molar-refractivity contribution in [2.75, 3.05) is 20.8 Å². The number of H-pyrrole nitrogens is 1. The number of hydrogen-bond acceptors (Lipinski definition) is 3. The Balaban J connectivity index is 2.45. The van der Waals surface area contributed by atoms with E-state index in [-0.39, 0.29) is 11.9 Å². The van der Waals surface area contributed by atoms with E-state index in [9.17, 15) is 4.39 Å². The van der Waals surface area contributed by atoms with Crippen molar-refractivity contribution in [3.63, 3.8) is 0 Å². The molecule has 19 heavy (non-hydrogen) atoms. The lowest BCUT2D eigenvalue weighted by molar-refractivity contribution is 0.0188. The third kappa shape index (κ3) is 3.05. The Morgan fingerprint density at radius 3 is 2.84 bits per heavy atom. The van der Waals surface area contributed by atoms with Crippen LogP contribution in [0.4, 0.5) is 4.39 Å². The molecule has 1 aromatic carbocycles. The largest absolute Gasteiger partial charge is 0.382 e. The van der Waals surface area contributed by atoms with Gasteiger partial charge in [0.2, 0.25) is 0 Å². The number of halogens is 2. The number of rotatable bonds is 5. The van der Waals surface area contributed by atoms with Crippen LogP contribution in [0.25, 0.3) is 11.0 Å². The van der Waals surface area contributed by atoms with E-state index in [1.807, 2.05) is 4.57 Å². The van der Waals surface area contributed by atoms with Crippen molar-refractivity contribution in [3.8, 4) is 0 Å². The zero-order chi connectivity index (χ0) is 14.0. The Morgan fingerprint density at radius 2 is 2.21 bits per heavy atom. The summed E-state index contributed by atoms with van der Waals surface area (Å²) in [5, 5.41) is 0. The van der Waals surface area contributed by atoms with Gasteiger partial charge in [-0.2, -0.15) is 0 Å². The molecular formula is C12H14BrFN2O2S. The molecule has 1 unspecified atom stereocenters. The van der Waals surface area contributed by atoms with Gasteiger partial charge in [0, 0.05) is 20.3 Å². The van der Waals surface area contributed by atoms with Crippen LogP contribution in [0.15, 0.2) is 16.6 Å². The molecule has 0 saturated heterocycles. The van der Waals surface area contributed by atoms with E-state index in [1.165, 1.54) is 6.07 Å². The van der Waals surface area contributed by atoms with E-state index < -0.39 is 0 Å². The Labute approximate surface area is 123 Å². The molecule has 4 nitrogen and oxygen atoms in total. The predicted molar refractivity (Wildman–Crippen MR) is 77.5 cm³/mol. The van der Waals surface area contributed by atoms with Crippen molar-refractivity contribution < 1.29 is 13.9 Å². The van der Waals surface area contributed by atoms with E-state index in [2.05, 4.69) is 20.9 Å². The Bertz CT molecular complexity index is 640. The predicted octanol–water partition coefficient (Wildman–Crippen LogP) is 3.26. The number of methoxy groups -OCH3 is 2. The standard InChI is InChI=1S/C12H14BrFN2O2S/c1-17-6-7(18-2)5-16-11-3-8(13)9(14)4-10(11)15-12(16)19/h3-4,7H,5-6H2,1-2H3,(H,15,19). The molecule has 0 aliphatic rings. The van der Waals surface area contributed by atoms with Gasteiger partial charge in [0.05, 0.1) is 34.8 Å². The quantitative estimate of drug-likeness (QED) is 0.843. The van der Waals surface area contributed by atoms with E-state index in [1.54, 1.807) is 20.3 Å². The van der Waals surface area contributed by atoms with E-state index in [0.29, 0.717) is 27.9 Å². The molecule has 0 aliphatic carbocycles. The summed E-state index contributed by atoms with van der Waals surface area (Å²) in [5.41, 5.74) is 1.49. The summed E-state index contributed by atoms with van der Waals surface area (Å²) in [6.45, 7) is 1.01. The van der Waals surface area contributed by atoms with Crippen molar-refractivity contribution in [1.29, 1.82) is 0 Å². The van der Waals surface area contributed by atoms with Gasteiger partial charge < -0.3 is 19.0 Å². The van der Waals surface area contributed by atoms with Gasteiger partial charge in [-0.3, -0.25) is 0 Å². The SMILES string of the molecule is COCC(Cn1c(=S)[nH]c2cc(F)c(Br)cc21)OC. The van der Waals surface area contributed by atoms with Crippen molar-refractivity contribution in [3.05, 3.63) is 27.2 Å². The lowest BCUT2D eigenvalue weighted by Gasteiger charge is -2.15. The Kier molecular flexibility index (Phi) is 4.72. The number of imidazole rings is 1. The van der Waals surface area contributed by atoms with Crippen LogP contribution in [0.1, 0.15) is 0 Å². The number of ether oxygens (including phenoxy) is 2. The number of fused-ring (bicyclic) bond motifs is 1. The first kappa shape index (κ1) is 14.6. The highest BCUT2D eigenvalue weighted by molar-refractivity contribution is 9.10. The van der Waals surface area contributed by atoms with Crippen LogP contribution in [0.3, 0.4) is 0 Å². The summed E-state index contributed by atoms with van der Waals surface area (Å²) in [6, 6.07) is 3.13. The molecule has 2 rings (SSSR count). The van der Waals surface area contributed by atoms with Gasteiger partial charge in [0.15, 0.2) is 4.77 Å². The number of benzene rings is 1. The third-order valence-electron chi connectivity index (χ3n) is 2.89. The molecule has 1 heterocycles. The second-order valence-electron chi connectivity index (χ2n) is 4.14. The van der Waals surface area contributed by atoms with Crippen molar-refractivity contribution >= 4 is 39.2 Å². The third-order valence-corrected chi connectivity index (χ3v) is 3.82. The molecular weight excluding hydrogens is 335 g/mol. The maximum atomic E-state index is 13.5. The minimum absolute atomic E-state index is 0.112. The summed E-state index contributed by atoms with van der Waals surface area (Å²) in [4.78, 5) is 2.99. The fourth-order valence-electron chi connectivity index (χ4n) is 1.92. The molecule has 0 aliphatic heterocycles. The zero-order valence-electron chi connectivity index (χ0n) is 10.6. The number of nitrogens with zero attached hydrogens (tertiary/aromatic N) is 1. The van der Waals surface area contributed by atoms with Gasteiger partial charge in [0.25, 0.3) is 0 Å². The fraction of sp³-hybridized carbons (Fsp3) is 0.417. The number of nitrogens with one attached hydrogen (secondary N) is 1. The number of aromatic amines is 1. The van der Waals surface area contributed by atoms with Gasteiger partial charge in [0.1, 0.15) is 5.82 Å². The average Bonchev–Trinajstić information content (AvgIpc) is 2.66. The average molecular weight is 349 g/mol. The molecule has 104 valence electrons. The second-order valence-corrected chi connectivity index (χ2v) is 5.38. The molecule has 1 atom stereocenters. The fourth-order valence-corrected chi connectivity index (χ4v) is 2.53. The van der Waals surface area contributed by atoms with Crippen LogP contribution in [0.5, 0.6) is 0 Å². The molecule has 0 bridgehead atoms. The van der Waals surface area contributed by atoms with E-state index in [0.717, 1.165) is 5.52 Å². The number of aromatic nitrogens is 2. The maximum Gasteiger partial charge on any atom is 0.178 e. The highest BCUT2D eigenvalue weighted by Gasteiger charge is 2.13. The lowest BCUT2D eigenvalue weighted by atomic mass is 10.3. The molecule has 7 heteroatoms. The van der Waals surface area contributed by atoms with Crippen LogP contribution < -0.4 is 0 Å². The van der Waals surface area contributed by atoms with Crippen molar-refractivity contribution in [2.45, 2.75) is 12.6 Å². The van der Waals surface area contributed by atoms with E-state index in [4.69, 9.17) is 21.7 Å². The van der Waals surface area contributed by atoms with Crippen LogP contribution >= 0.6 is 28.1 Å². The normalized spacial score (nSPS) is 13.1. The molecule has 1 N–H and O–H groups in total. The maximum absolute atomic E-state index is 13.5. The Hall–Kier alpha value is -0.760. The highest BCUT2D eigenvalue weighted by atomic mass is 79.9. The summed E-state index contributed by atoms with van der Waals surface area (Å²) in [6.07, 6.45) is -0.112. The summed E-state index contributed by atoms with van der Waals surface area (Å²) < 4.78 is 26.7. The second kappa shape index (κ2) is 6.13. The zero-order valence-corrected chi connectivity index (χ0v) is 13.0. The summed E-state index contributed by atoms with van der Waals surface area (Å²) in [7, 11) is 3.24. The smallest absolute Gasteiger partial charge is 0.178 e. The summed E-state index contributed by atoms with van der Waals surface area (Å²) in [5.74, 6) is -0.323. The molecule has 0 saturated carbocycles. The molecule has 1 aromatic heterocycles. The molecule has 2 aromatic rings. The molecule has 0 amide bonds. The first-order valence-electron chi connectivity index (χ1n) is 5.66. The molecule has 0 fully saturated rings. The van der Waals surface area contributed by atoms with Crippen LogP contribution in [-0.2, 0) is 16.0 Å². The minimum atomic E-state index is -0.323. The minimum Gasteiger partial charge on any atom is -0.382 e. The van der Waals surface area contributed by atoms with E-state index >= 15 is 0 Å². The summed E-state index contributed by atoms with van der Waals surface area (Å²) >= 11 is 8.44. The topological polar surface area (TPSA) is 39.2 Å². The van der Waals surface area contributed by atoms with Crippen molar-refractivity contribution in [2.24, 2.45) is 0 Å². The van der Waals surface area contributed by atoms with Gasteiger partial charge in [-0.1, -0.05) is 0 Å². The van der Waals surface area contributed by atoms with Gasteiger partial charge >= 0.3 is 0 Å². The first-order valence-corrected chi connectivity index (χ1v) is 6.86. The number of hydrogen-bond donors (Lipinski definition) is 1. The van der Waals surface area contributed by atoms with Crippen molar-refractivity contribution in [1.82, 2.24) is 9.55 Å².